The third-order valence-corrected chi connectivity index (χ3v) is 2.15. The van der Waals surface area contributed by atoms with Crippen LogP contribution < -0.4 is 0 Å². The Balaban J connectivity index is 3.00. The number of benzene rings is 1. The molecule has 0 fully saturated rings. The van der Waals surface area contributed by atoms with E-state index < -0.39 is 11.6 Å². The Morgan fingerprint density at radius 3 is 2.44 bits per heavy atom. The predicted molar refractivity (Wildman–Crippen MR) is 64.7 cm³/mol. The summed E-state index contributed by atoms with van der Waals surface area (Å²) >= 11 is 3.24. The Labute approximate surface area is 103 Å². The van der Waals surface area contributed by atoms with Crippen LogP contribution in [0.15, 0.2) is 22.7 Å². The van der Waals surface area contributed by atoms with E-state index in [1.807, 2.05) is 0 Å². The van der Waals surface area contributed by atoms with Crippen molar-refractivity contribution in [3.05, 3.63) is 33.8 Å². The average Bonchev–Trinajstić information content (AvgIpc) is 2.14. The van der Waals surface area contributed by atoms with E-state index in [1.54, 1.807) is 32.9 Å². The second-order valence-corrected chi connectivity index (χ2v) is 5.31. The lowest BCUT2D eigenvalue weighted by Crippen LogP contribution is -2.23. The molecule has 0 atom stereocenters. The van der Waals surface area contributed by atoms with E-state index in [-0.39, 0.29) is 0 Å². The van der Waals surface area contributed by atoms with Crippen LogP contribution in [0.5, 0.6) is 0 Å². The highest BCUT2D eigenvalue weighted by molar-refractivity contribution is 9.10. The Morgan fingerprint density at radius 1 is 1.31 bits per heavy atom. The molecule has 0 heterocycles. The fourth-order valence-electron chi connectivity index (χ4n) is 1.14. The largest absolute Gasteiger partial charge is 0.456 e. The van der Waals surface area contributed by atoms with Gasteiger partial charge >= 0.3 is 5.97 Å². The summed E-state index contributed by atoms with van der Waals surface area (Å²) in [5.74, 6) is -0.433. The van der Waals surface area contributed by atoms with Crippen LogP contribution >= 0.6 is 15.9 Å². The third-order valence-electron chi connectivity index (χ3n) is 1.69. The highest BCUT2D eigenvalue weighted by atomic mass is 79.9. The van der Waals surface area contributed by atoms with Crippen LogP contribution in [-0.4, -0.2) is 17.9 Å². The normalized spacial score (nSPS) is 11.0. The molecule has 0 unspecified atom stereocenters. The maximum absolute atomic E-state index is 11.7. The van der Waals surface area contributed by atoms with Gasteiger partial charge in [-0.3, -0.25) is 4.79 Å². The van der Waals surface area contributed by atoms with E-state index >= 15 is 0 Å². The molecule has 3 nitrogen and oxygen atoms in total. The first kappa shape index (κ1) is 12.9. The van der Waals surface area contributed by atoms with Crippen molar-refractivity contribution < 1.29 is 14.3 Å². The van der Waals surface area contributed by atoms with Gasteiger partial charge in [-0.1, -0.05) is 15.9 Å². The van der Waals surface area contributed by atoms with Gasteiger partial charge < -0.3 is 4.74 Å². The summed E-state index contributed by atoms with van der Waals surface area (Å²) in [5.41, 5.74) is 0.266. The summed E-state index contributed by atoms with van der Waals surface area (Å²) in [6, 6.07) is 4.77. The molecule has 0 aliphatic heterocycles. The molecular formula is C12H13BrO3. The molecule has 0 saturated heterocycles. The quantitative estimate of drug-likeness (QED) is 0.619. The minimum Gasteiger partial charge on any atom is -0.456 e. The van der Waals surface area contributed by atoms with Crippen molar-refractivity contribution in [3.63, 3.8) is 0 Å². The fourth-order valence-corrected chi connectivity index (χ4v) is 1.65. The fraction of sp³-hybridized carbons (Fsp3) is 0.333. The number of hydrogen-bond acceptors (Lipinski definition) is 3. The first-order chi connectivity index (χ1) is 7.31. The molecule has 0 aromatic heterocycles. The molecule has 0 aliphatic carbocycles. The van der Waals surface area contributed by atoms with Crippen molar-refractivity contribution in [1.82, 2.24) is 0 Å². The lowest BCUT2D eigenvalue weighted by Gasteiger charge is -2.19. The Kier molecular flexibility index (Phi) is 3.86. The Morgan fingerprint density at radius 2 is 1.94 bits per heavy atom. The lowest BCUT2D eigenvalue weighted by molar-refractivity contribution is 0.00694. The number of esters is 1. The van der Waals surface area contributed by atoms with Gasteiger partial charge in [0.1, 0.15) is 11.9 Å². The van der Waals surface area contributed by atoms with Crippen LogP contribution in [0.1, 0.15) is 41.5 Å². The number of rotatable bonds is 2. The van der Waals surface area contributed by atoms with E-state index in [1.165, 1.54) is 6.07 Å². The molecule has 0 N–H and O–H groups in total. The van der Waals surface area contributed by atoms with Crippen LogP contribution in [0.3, 0.4) is 0 Å². The smallest absolute Gasteiger partial charge is 0.338 e. The standard InChI is InChI=1S/C12H13BrO3/c1-12(2,3)16-11(15)9-4-8(7-14)5-10(13)6-9/h4-7H,1-3H3. The topological polar surface area (TPSA) is 43.4 Å². The summed E-state index contributed by atoms with van der Waals surface area (Å²) in [4.78, 5) is 22.4. The zero-order chi connectivity index (χ0) is 12.3. The molecule has 0 bridgehead atoms. The summed E-state index contributed by atoms with van der Waals surface area (Å²) in [6.07, 6.45) is 0.693. The van der Waals surface area contributed by atoms with E-state index in [4.69, 9.17) is 4.74 Å². The molecule has 0 radical (unpaired) electrons. The van der Waals surface area contributed by atoms with E-state index in [0.717, 1.165) is 0 Å². The van der Waals surface area contributed by atoms with Crippen molar-refractivity contribution >= 4 is 28.2 Å². The van der Waals surface area contributed by atoms with Gasteiger partial charge in [0.2, 0.25) is 0 Å². The maximum atomic E-state index is 11.7. The van der Waals surface area contributed by atoms with Gasteiger partial charge in [-0.05, 0) is 39.0 Å². The Bertz CT molecular complexity index is 419. The summed E-state index contributed by atoms with van der Waals surface area (Å²) in [5, 5.41) is 0. The van der Waals surface area contributed by atoms with Gasteiger partial charge in [0, 0.05) is 10.0 Å². The van der Waals surface area contributed by atoms with Crippen molar-refractivity contribution in [2.24, 2.45) is 0 Å². The number of carbonyl (C=O) groups is 2. The minimum absolute atomic E-state index is 0.367. The number of ether oxygens (including phenoxy) is 1. The zero-order valence-electron chi connectivity index (χ0n) is 9.41. The van der Waals surface area contributed by atoms with Crippen LogP contribution in [0.2, 0.25) is 0 Å². The van der Waals surface area contributed by atoms with Crippen LogP contribution in [0.25, 0.3) is 0 Å². The summed E-state index contributed by atoms with van der Waals surface area (Å²) in [6.45, 7) is 5.39. The molecule has 1 aromatic rings. The van der Waals surface area contributed by atoms with Crippen LogP contribution in [-0.2, 0) is 4.74 Å². The molecule has 1 rings (SSSR count). The van der Waals surface area contributed by atoms with Gasteiger partial charge in [-0.25, -0.2) is 4.79 Å². The van der Waals surface area contributed by atoms with Gasteiger partial charge in [-0.15, -0.1) is 0 Å². The molecule has 1 aromatic carbocycles. The lowest BCUT2D eigenvalue weighted by atomic mass is 10.1. The second kappa shape index (κ2) is 4.78. The molecule has 4 heteroatoms. The predicted octanol–water partition coefficient (Wildman–Crippen LogP) is 3.22. The first-order valence-corrected chi connectivity index (χ1v) is 5.60. The number of hydrogen-bond donors (Lipinski definition) is 0. The number of halogens is 1. The highest BCUT2D eigenvalue weighted by Crippen LogP contribution is 2.18. The van der Waals surface area contributed by atoms with Crippen molar-refractivity contribution in [1.29, 1.82) is 0 Å². The van der Waals surface area contributed by atoms with E-state index in [2.05, 4.69) is 15.9 Å². The molecule has 0 amide bonds. The van der Waals surface area contributed by atoms with Crippen LogP contribution in [0, 0.1) is 0 Å². The third kappa shape index (κ3) is 3.77. The molecule has 0 aliphatic rings. The highest BCUT2D eigenvalue weighted by Gasteiger charge is 2.18. The monoisotopic (exact) mass is 284 g/mol. The van der Waals surface area contributed by atoms with Gasteiger partial charge in [-0.2, -0.15) is 0 Å². The molecule has 16 heavy (non-hydrogen) atoms. The van der Waals surface area contributed by atoms with E-state index in [9.17, 15) is 9.59 Å². The van der Waals surface area contributed by atoms with Gasteiger partial charge in [0.25, 0.3) is 0 Å². The van der Waals surface area contributed by atoms with Crippen molar-refractivity contribution in [2.45, 2.75) is 26.4 Å². The van der Waals surface area contributed by atoms with E-state index in [0.29, 0.717) is 21.9 Å². The second-order valence-electron chi connectivity index (χ2n) is 4.39. The van der Waals surface area contributed by atoms with Crippen molar-refractivity contribution in [2.75, 3.05) is 0 Å². The van der Waals surface area contributed by atoms with Crippen molar-refractivity contribution in [3.8, 4) is 0 Å². The number of aldehydes is 1. The van der Waals surface area contributed by atoms with Gasteiger partial charge in [0.05, 0.1) is 5.56 Å². The maximum Gasteiger partial charge on any atom is 0.338 e. The SMILES string of the molecule is CC(C)(C)OC(=O)c1cc(Br)cc(C=O)c1. The van der Waals surface area contributed by atoms with Gasteiger partial charge in [0.15, 0.2) is 0 Å². The summed E-state index contributed by atoms with van der Waals surface area (Å²) in [7, 11) is 0. The van der Waals surface area contributed by atoms with Crippen LogP contribution in [0.4, 0.5) is 0 Å². The first-order valence-electron chi connectivity index (χ1n) is 4.81. The average molecular weight is 285 g/mol. The Hall–Kier alpha value is -1.16. The molecular weight excluding hydrogens is 272 g/mol. The minimum atomic E-state index is -0.541. The summed E-state index contributed by atoms with van der Waals surface area (Å²) < 4.78 is 5.88. The number of carbonyl (C=O) groups excluding carboxylic acids is 2. The molecule has 86 valence electrons. The molecule has 0 spiro atoms. The zero-order valence-corrected chi connectivity index (χ0v) is 11.0. The molecule has 0 saturated carbocycles.